The van der Waals surface area contributed by atoms with E-state index in [2.05, 4.69) is 20.9 Å². The lowest BCUT2D eigenvalue weighted by molar-refractivity contribution is -0.115. The van der Waals surface area contributed by atoms with Crippen LogP contribution in [0, 0.1) is 13.8 Å². The maximum Gasteiger partial charge on any atom is 0.325 e. The van der Waals surface area contributed by atoms with Crippen LogP contribution in [0.25, 0.3) is 0 Å². The third-order valence-corrected chi connectivity index (χ3v) is 4.78. The SMILES string of the molecule is Cc1cc(C)cc(NC(=O)Cc2csc(NC(=O)Nc3ccc(Cl)cc3)n2)c1. The zero-order valence-corrected chi connectivity index (χ0v) is 16.9. The van der Waals surface area contributed by atoms with E-state index in [1.54, 1.807) is 29.6 Å². The van der Waals surface area contributed by atoms with Crippen molar-refractivity contribution in [2.75, 3.05) is 16.0 Å². The summed E-state index contributed by atoms with van der Waals surface area (Å²) in [6.45, 7) is 3.96. The minimum Gasteiger partial charge on any atom is -0.326 e. The number of amides is 3. The summed E-state index contributed by atoms with van der Waals surface area (Å²) in [6, 6.07) is 12.2. The molecule has 0 saturated heterocycles. The number of aryl methyl sites for hydroxylation is 2. The van der Waals surface area contributed by atoms with Gasteiger partial charge in [-0.05, 0) is 61.4 Å². The van der Waals surface area contributed by atoms with Crippen molar-refractivity contribution in [3.05, 3.63) is 69.7 Å². The number of nitrogens with one attached hydrogen (secondary N) is 3. The molecule has 0 aliphatic rings. The van der Waals surface area contributed by atoms with Gasteiger partial charge in [0.2, 0.25) is 5.91 Å². The number of nitrogens with zero attached hydrogens (tertiary/aromatic N) is 1. The predicted molar refractivity (Wildman–Crippen MR) is 114 cm³/mol. The van der Waals surface area contributed by atoms with Crippen LogP contribution in [0.15, 0.2) is 47.8 Å². The van der Waals surface area contributed by atoms with Gasteiger partial charge >= 0.3 is 6.03 Å². The van der Waals surface area contributed by atoms with E-state index in [9.17, 15) is 9.59 Å². The molecule has 0 atom stereocenters. The first-order chi connectivity index (χ1) is 13.4. The van der Waals surface area contributed by atoms with Crippen LogP contribution in [0.3, 0.4) is 0 Å². The van der Waals surface area contributed by atoms with Gasteiger partial charge in [-0.15, -0.1) is 11.3 Å². The van der Waals surface area contributed by atoms with Crippen molar-refractivity contribution in [3.63, 3.8) is 0 Å². The predicted octanol–water partition coefficient (Wildman–Crippen LogP) is 5.24. The molecule has 144 valence electrons. The Morgan fingerprint density at radius 1 is 0.964 bits per heavy atom. The molecule has 0 aliphatic heterocycles. The lowest BCUT2D eigenvalue weighted by Gasteiger charge is -2.07. The van der Waals surface area contributed by atoms with E-state index >= 15 is 0 Å². The molecule has 6 nitrogen and oxygen atoms in total. The standard InChI is InChI=1S/C20H19ClN4O2S/c1-12-7-13(2)9-16(8-12)22-18(26)10-17-11-28-20(24-17)25-19(27)23-15-5-3-14(21)4-6-15/h3-9,11H,10H2,1-2H3,(H,22,26)(H2,23,24,25,27). The molecule has 28 heavy (non-hydrogen) atoms. The second kappa shape index (κ2) is 8.86. The number of hydrogen-bond donors (Lipinski definition) is 3. The van der Waals surface area contributed by atoms with Crippen molar-refractivity contribution in [1.82, 2.24) is 4.98 Å². The largest absolute Gasteiger partial charge is 0.326 e. The zero-order chi connectivity index (χ0) is 20.1. The second-order valence-electron chi connectivity index (χ2n) is 6.33. The average molecular weight is 415 g/mol. The highest BCUT2D eigenvalue weighted by atomic mass is 35.5. The van der Waals surface area contributed by atoms with Crippen molar-refractivity contribution in [2.45, 2.75) is 20.3 Å². The van der Waals surface area contributed by atoms with E-state index in [-0.39, 0.29) is 12.3 Å². The zero-order valence-electron chi connectivity index (χ0n) is 15.4. The van der Waals surface area contributed by atoms with Crippen LogP contribution in [0.4, 0.5) is 21.3 Å². The molecule has 0 aliphatic carbocycles. The normalized spacial score (nSPS) is 10.4. The summed E-state index contributed by atoms with van der Waals surface area (Å²) in [7, 11) is 0. The molecule has 3 N–H and O–H groups in total. The lowest BCUT2D eigenvalue weighted by Crippen LogP contribution is -2.19. The Morgan fingerprint density at radius 3 is 2.32 bits per heavy atom. The van der Waals surface area contributed by atoms with Crippen molar-refractivity contribution >= 4 is 51.4 Å². The van der Waals surface area contributed by atoms with E-state index in [4.69, 9.17) is 11.6 Å². The molecule has 0 fully saturated rings. The van der Waals surface area contributed by atoms with E-state index in [0.29, 0.717) is 21.5 Å². The highest BCUT2D eigenvalue weighted by Crippen LogP contribution is 2.19. The quantitative estimate of drug-likeness (QED) is 0.534. The minimum absolute atomic E-state index is 0.129. The van der Waals surface area contributed by atoms with Gasteiger partial charge in [0.05, 0.1) is 12.1 Å². The van der Waals surface area contributed by atoms with Crippen LogP contribution in [0.2, 0.25) is 5.02 Å². The summed E-state index contributed by atoms with van der Waals surface area (Å²) in [5, 5.41) is 11.0. The molecule has 8 heteroatoms. The number of benzene rings is 2. The maximum absolute atomic E-state index is 12.2. The van der Waals surface area contributed by atoms with Gasteiger partial charge < -0.3 is 10.6 Å². The Labute approximate surface area is 172 Å². The van der Waals surface area contributed by atoms with Crippen LogP contribution < -0.4 is 16.0 Å². The number of aromatic nitrogens is 1. The maximum atomic E-state index is 12.2. The van der Waals surface area contributed by atoms with Gasteiger partial charge in [0.15, 0.2) is 5.13 Å². The van der Waals surface area contributed by atoms with Gasteiger partial charge in [-0.3, -0.25) is 10.1 Å². The number of carbonyl (C=O) groups is 2. The van der Waals surface area contributed by atoms with Gasteiger partial charge in [0.25, 0.3) is 0 Å². The Morgan fingerprint density at radius 2 is 1.64 bits per heavy atom. The average Bonchev–Trinajstić information content (AvgIpc) is 3.02. The van der Waals surface area contributed by atoms with Crippen molar-refractivity contribution in [2.24, 2.45) is 0 Å². The van der Waals surface area contributed by atoms with E-state index in [1.165, 1.54) is 11.3 Å². The molecule has 3 amide bonds. The number of urea groups is 1. The molecule has 2 aromatic carbocycles. The molecule has 0 radical (unpaired) electrons. The first-order valence-electron chi connectivity index (χ1n) is 8.53. The molecule has 0 unspecified atom stereocenters. The Bertz CT molecular complexity index is 981. The van der Waals surface area contributed by atoms with Gasteiger partial charge in [-0.25, -0.2) is 9.78 Å². The molecular weight excluding hydrogens is 396 g/mol. The third-order valence-electron chi connectivity index (χ3n) is 3.72. The summed E-state index contributed by atoms with van der Waals surface area (Å²) in [5.74, 6) is -0.160. The van der Waals surface area contributed by atoms with Gasteiger partial charge in [-0.2, -0.15) is 0 Å². The van der Waals surface area contributed by atoms with E-state index in [0.717, 1.165) is 16.8 Å². The van der Waals surface area contributed by atoms with Gasteiger partial charge in [0, 0.05) is 21.8 Å². The molecule has 1 aromatic heterocycles. The Hall–Kier alpha value is -2.90. The second-order valence-corrected chi connectivity index (χ2v) is 7.63. The minimum atomic E-state index is -0.414. The number of hydrogen-bond acceptors (Lipinski definition) is 4. The summed E-state index contributed by atoms with van der Waals surface area (Å²) in [4.78, 5) is 28.6. The summed E-state index contributed by atoms with van der Waals surface area (Å²) in [6.07, 6.45) is 0.129. The Balaban J connectivity index is 1.53. The third kappa shape index (κ3) is 5.80. The van der Waals surface area contributed by atoms with Crippen molar-refractivity contribution < 1.29 is 9.59 Å². The van der Waals surface area contributed by atoms with Crippen LogP contribution in [-0.4, -0.2) is 16.9 Å². The van der Waals surface area contributed by atoms with E-state index in [1.807, 2.05) is 32.0 Å². The summed E-state index contributed by atoms with van der Waals surface area (Å²) in [5.41, 5.74) is 4.14. The van der Waals surface area contributed by atoms with Gasteiger partial charge in [-0.1, -0.05) is 17.7 Å². The molecule has 3 rings (SSSR count). The molecule has 0 spiro atoms. The molecule has 0 saturated carbocycles. The molecular formula is C20H19ClN4O2S. The summed E-state index contributed by atoms with van der Waals surface area (Å²) >= 11 is 7.08. The highest BCUT2D eigenvalue weighted by Gasteiger charge is 2.11. The molecule has 0 bridgehead atoms. The topological polar surface area (TPSA) is 83.1 Å². The summed E-state index contributed by atoms with van der Waals surface area (Å²) < 4.78 is 0. The smallest absolute Gasteiger partial charge is 0.325 e. The number of anilines is 3. The molecule has 1 heterocycles. The van der Waals surface area contributed by atoms with Crippen LogP contribution in [0.1, 0.15) is 16.8 Å². The molecule has 3 aromatic rings. The van der Waals surface area contributed by atoms with Crippen LogP contribution >= 0.6 is 22.9 Å². The van der Waals surface area contributed by atoms with Crippen LogP contribution in [0.5, 0.6) is 0 Å². The number of rotatable bonds is 5. The fourth-order valence-electron chi connectivity index (χ4n) is 2.65. The highest BCUT2D eigenvalue weighted by molar-refractivity contribution is 7.14. The fraction of sp³-hybridized carbons (Fsp3) is 0.150. The van der Waals surface area contributed by atoms with Crippen molar-refractivity contribution in [3.8, 4) is 0 Å². The van der Waals surface area contributed by atoms with Gasteiger partial charge in [0.1, 0.15) is 0 Å². The van der Waals surface area contributed by atoms with E-state index < -0.39 is 6.03 Å². The number of halogens is 1. The lowest BCUT2D eigenvalue weighted by atomic mass is 10.1. The fourth-order valence-corrected chi connectivity index (χ4v) is 3.49. The van der Waals surface area contributed by atoms with Crippen molar-refractivity contribution in [1.29, 1.82) is 0 Å². The Kier molecular flexibility index (Phi) is 6.28. The first kappa shape index (κ1) is 19.9. The first-order valence-corrected chi connectivity index (χ1v) is 9.79. The monoisotopic (exact) mass is 414 g/mol. The number of thiazole rings is 1. The number of carbonyl (C=O) groups excluding carboxylic acids is 2. The van der Waals surface area contributed by atoms with Crippen LogP contribution in [-0.2, 0) is 11.2 Å².